The zero-order valence-electron chi connectivity index (χ0n) is 8.84. The van der Waals surface area contributed by atoms with Crippen LogP contribution in [0.1, 0.15) is 10.5 Å². The molecule has 0 aliphatic rings. The molecule has 0 atom stereocenters. The summed E-state index contributed by atoms with van der Waals surface area (Å²) in [6, 6.07) is 9.81. The highest BCUT2D eigenvalue weighted by atomic mass is 32.1. The molecule has 0 saturated carbocycles. The van der Waals surface area contributed by atoms with Crippen LogP contribution in [0.4, 0.5) is 0 Å². The lowest BCUT2D eigenvalue weighted by Gasteiger charge is -1.95. The number of nitrogens with zero attached hydrogens (tertiary/aromatic N) is 1. The lowest BCUT2D eigenvalue weighted by atomic mass is 10.2. The maximum atomic E-state index is 11.5. The van der Waals surface area contributed by atoms with Crippen LogP contribution >= 0.6 is 11.3 Å². The first-order valence-corrected chi connectivity index (χ1v) is 5.72. The van der Waals surface area contributed by atoms with Crippen molar-refractivity contribution in [1.29, 1.82) is 0 Å². The van der Waals surface area contributed by atoms with Crippen molar-refractivity contribution in [2.45, 2.75) is 0 Å². The molecule has 0 spiro atoms. The predicted octanol–water partition coefficient (Wildman–Crippen LogP) is 2.64. The minimum absolute atomic E-state index is 0.0813. The normalized spacial score (nSPS) is 10.3. The van der Waals surface area contributed by atoms with E-state index in [0.29, 0.717) is 5.69 Å². The van der Waals surface area contributed by atoms with E-state index in [9.17, 15) is 4.79 Å². The van der Waals surface area contributed by atoms with Gasteiger partial charge in [-0.05, 0) is 0 Å². The van der Waals surface area contributed by atoms with Crippen LogP contribution in [0.2, 0.25) is 0 Å². The first-order valence-electron chi connectivity index (χ1n) is 4.84. The average Bonchev–Trinajstić information content (AvgIpc) is 2.80. The van der Waals surface area contributed by atoms with Gasteiger partial charge in [0.1, 0.15) is 17.3 Å². The van der Waals surface area contributed by atoms with Crippen LogP contribution in [0, 0.1) is 0 Å². The number of rotatable bonds is 4. The summed E-state index contributed by atoms with van der Waals surface area (Å²) in [5, 5.41) is 2.63. The monoisotopic (exact) mass is 233 g/mol. The summed E-state index contributed by atoms with van der Waals surface area (Å²) in [6.07, 6.45) is 0. The molecule has 82 valence electrons. The summed E-state index contributed by atoms with van der Waals surface area (Å²) in [4.78, 5) is 15.8. The van der Waals surface area contributed by atoms with Gasteiger partial charge in [-0.2, -0.15) is 0 Å². The number of hydrogen-bond acceptors (Lipinski definition) is 4. The Bertz CT molecular complexity index is 479. The van der Waals surface area contributed by atoms with Gasteiger partial charge in [0.15, 0.2) is 0 Å². The highest BCUT2D eigenvalue weighted by Crippen LogP contribution is 2.23. The molecule has 1 aromatic carbocycles. The van der Waals surface area contributed by atoms with Crippen molar-refractivity contribution in [3.63, 3.8) is 0 Å². The van der Waals surface area contributed by atoms with Gasteiger partial charge in [-0.15, -0.1) is 11.3 Å². The number of aromatic nitrogens is 1. The lowest BCUT2D eigenvalue weighted by Crippen LogP contribution is -2.07. The van der Waals surface area contributed by atoms with E-state index in [1.54, 1.807) is 5.38 Å². The van der Waals surface area contributed by atoms with Crippen LogP contribution in [-0.4, -0.2) is 24.5 Å². The van der Waals surface area contributed by atoms with Gasteiger partial charge in [-0.1, -0.05) is 30.3 Å². The van der Waals surface area contributed by atoms with Crippen LogP contribution < -0.4 is 0 Å². The predicted molar refractivity (Wildman–Crippen MR) is 63.8 cm³/mol. The Morgan fingerprint density at radius 2 is 2.12 bits per heavy atom. The highest BCUT2D eigenvalue weighted by molar-refractivity contribution is 7.13. The molecular formula is C12H11NO2S. The zero-order chi connectivity index (χ0) is 11.4. The molecule has 4 heteroatoms. The topological polar surface area (TPSA) is 39.2 Å². The molecule has 0 amide bonds. The van der Waals surface area contributed by atoms with Crippen LogP contribution in [-0.2, 0) is 4.74 Å². The molecule has 0 N–H and O–H groups in total. The van der Waals surface area contributed by atoms with Crippen molar-refractivity contribution in [3.05, 3.63) is 41.4 Å². The van der Waals surface area contributed by atoms with E-state index in [1.165, 1.54) is 18.4 Å². The number of hydrogen-bond donors (Lipinski definition) is 0. The largest absolute Gasteiger partial charge is 0.376 e. The molecular weight excluding hydrogens is 222 g/mol. The van der Waals surface area contributed by atoms with E-state index in [1.807, 2.05) is 30.3 Å². The summed E-state index contributed by atoms with van der Waals surface area (Å²) in [5.74, 6) is -0.0825. The van der Waals surface area contributed by atoms with E-state index in [-0.39, 0.29) is 12.4 Å². The fourth-order valence-electron chi connectivity index (χ4n) is 1.32. The Morgan fingerprint density at radius 3 is 2.81 bits per heavy atom. The molecule has 0 unspecified atom stereocenters. The van der Waals surface area contributed by atoms with E-state index < -0.39 is 0 Å². The molecule has 0 fully saturated rings. The van der Waals surface area contributed by atoms with E-state index in [4.69, 9.17) is 4.74 Å². The fraction of sp³-hybridized carbons (Fsp3) is 0.167. The van der Waals surface area contributed by atoms with Gasteiger partial charge < -0.3 is 4.74 Å². The van der Waals surface area contributed by atoms with Crippen molar-refractivity contribution in [2.24, 2.45) is 0 Å². The number of thiazole rings is 1. The number of ether oxygens (including phenoxy) is 1. The molecule has 2 rings (SSSR count). The first kappa shape index (κ1) is 11.0. The van der Waals surface area contributed by atoms with Crippen molar-refractivity contribution >= 4 is 17.1 Å². The molecule has 2 aromatic rings. The van der Waals surface area contributed by atoms with Crippen LogP contribution in [0.3, 0.4) is 0 Å². The zero-order valence-corrected chi connectivity index (χ0v) is 9.66. The summed E-state index contributed by atoms with van der Waals surface area (Å²) in [5.41, 5.74) is 1.51. The highest BCUT2D eigenvalue weighted by Gasteiger charge is 2.10. The summed E-state index contributed by atoms with van der Waals surface area (Å²) >= 11 is 1.47. The summed E-state index contributed by atoms with van der Waals surface area (Å²) < 4.78 is 4.79. The molecule has 1 heterocycles. The molecule has 0 saturated heterocycles. The van der Waals surface area contributed by atoms with E-state index >= 15 is 0 Å². The van der Waals surface area contributed by atoms with Gasteiger partial charge in [0.05, 0.1) is 0 Å². The minimum atomic E-state index is -0.0825. The number of carbonyl (C=O) groups is 1. The minimum Gasteiger partial charge on any atom is -0.376 e. The van der Waals surface area contributed by atoms with E-state index in [0.717, 1.165) is 10.6 Å². The van der Waals surface area contributed by atoms with Crippen LogP contribution in [0.5, 0.6) is 0 Å². The molecule has 3 nitrogen and oxygen atoms in total. The van der Waals surface area contributed by atoms with Gasteiger partial charge in [0.2, 0.25) is 5.78 Å². The van der Waals surface area contributed by atoms with Crippen molar-refractivity contribution in [1.82, 2.24) is 4.98 Å². The van der Waals surface area contributed by atoms with Gasteiger partial charge in [0, 0.05) is 18.1 Å². The third-order valence-electron chi connectivity index (χ3n) is 2.09. The van der Waals surface area contributed by atoms with Crippen molar-refractivity contribution < 1.29 is 9.53 Å². The molecule has 16 heavy (non-hydrogen) atoms. The Morgan fingerprint density at radius 1 is 1.38 bits per heavy atom. The second-order valence-electron chi connectivity index (χ2n) is 3.26. The van der Waals surface area contributed by atoms with Gasteiger partial charge in [0.25, 0.3) is 0 Å². The SMILES string of the molecule is COCC(=O)c1csc(-c2ccccc2)n1. The Labute approximate surface area is 97.7 Å². The van der Waals surface area contributed by atoms with Crippen molar-refractivity contribution in [3.8, 4) is 10.6 Å². The third kappa shape index (κ3) is 2.35. The fourth-order valence-corrected chi connectivity index (χ4v) is 2.15. The number of Topliss-reactive ketones (excluding diaryl/α,β-unsaturated/α-hetero) is 1. The molecule has 0 radical (unpaired) electrons. The average molecular weight is 233 g/mol. The number of methoxy groups -OCH3 is 1. The van der Waals surface area contributed by atoms with Crippen molar-refractivity contribution in [2.75, 3.05) is 13.7 Å². The molecule has 0 bridgehead atoms. The summed E-state index contributed by atoms with van der Waals surface area (Å²) in [7, 11) is 1.50. The maximum absolute atomic E-state index is 11.5. The van der Waals surface area contributed by atoms with Crippen LogP contribution in [0.25, 0.3) is 10.6 Å². The van der Waals surface area contributed by atoms with Gasteiger partial charge in [-0.25, -0.2) is 4.98 Å². The molecule has 1 aromatic heterocycles. The number of benzene rings is 1. The van der Waals surface area contributed by atoms with Gasteiger partial charge >= 0.3 is 0 Å². The second kappa shape index (κ2) is 5.01. The molecule has 0 aliphatic carbocycles. The van der Waals surface area contributed by atoms with E-state index in [2.05, 4.69) is 4.98 Å². The maximum Gasteiger partial charge on any atom is 0.207 e. The first-order chi connectivity index (χ1) is 7.81. The Balaban J connectivity index is 2.23. The second-order valence-corrected chi connectivity index (χ2v) is 4.12. The number of ketones is 1. The van der Waals surface area contributed by atoms with Gasteiger partial charge in [-0.3, -0.25) is 4.79 Å². The summed E-state index contributed by atoms with van der Waals surface area (Å²) in [6.45, 7) is 0.0813. The third-order valence-corrected chi connectivity index (χ3v) is 2.98. The Kier molecular flexibility index (Phi) is 3.44. The number of carbonyl (C=O) groups excluding carboxylic acids is 1. The standard InChI is InChI=1S/C12H11NO2S/c1-15-7-11(14)10-8-16-12(13-10)9-5-3-2-4-6-9/h2-6,8H,7H2,1H3. The Hall–Kier alpha value is -1.52. The smallest absolute Gasteiger partial charge is 0.207 e. The van der Waals surface area contributed by atoms with Crippen LogP contribution in [0.15, 0.2) is 35.7 Å². The molecule has 0 aliphatic heterocycles. The quantitative estimate of drug-likeness (QED) is 0.762. The lowest BCUT2D eigenvalue weighted by molar-refractivity contribution is 0.0843.